The van der Waals surface area contributed by atoms with Crippen molar-refractivity contribution in [2.75, 3.05) is 23.8 Å². The molecule has 2 heterocycles. The molecule has 0 unspecified atom stereocenters. The Morgan fingerprint density at radius 2 is 1.61 bits per heavy atom. The number of aliphatic hydroxyl groups is 2. The van der Waals surface area contributed by atoms with Gasteiger partial charge in [-0.05, 0) is 123 Å². The number of nitrogens with one attached hydrogen (secondary N) is 4. The molecular formula is C57H65N5O17. The van der Waals surface area contributed by atoms with Crippen LogP contribution in [0.5, 0.6) is 0 Å². The zero-order valence-electron chi connectivity index (χ0n) is 43.9. The second-order valence-corrected chi connectivity index (χ2v) is 23.4. The number of carboxylic acids is 1. The number of aliphatic hydroxyl groups excluding tert-OH is 2. The van der Waals surface area contributed by atoms with Gasteiger partial charge >= 0.3 is 18.0 Å². The maximum absolute atomic E-state index is 14.1. The number of rotatable bonds is 20. The van der Waals surface area contributed by atoms with Gasteiger partial charge in [0.25, 0.3) is 11.8 Å². The topological polar surface area (TPSA) is 320 Å². The Morgan fingerprint density at radius 1 is 0.873 bits per heavy atom. The number of carbonyl (C=O) groups excluding carboxylic acids is 9. The number of benzene rings is 2. The van der Waals surface area contributed by atoms with Gasteiger partial charge in [0.2, 0.25) is 17.7 Å². The van der Waals surface area contributed by atoms with Crippen molar-refractivity contribution in [3.8, 4) is 0 Å². The molecule has 2 bridgehead atoms. The SMILES string of the molecule is C[C@]12C=CC(=O)C=C1CC[C@@H]1[C@@H]2[C@@H](O)C[C@@]2(C)[C@H]1C[C@H]1O[C@@H](C34CC(Cc5cccc(NC(=O)OCc6ccc(NC(=O)[C@H](CCC(=O)O)NC(=O)CNC(=O)CCC(=O)ON7C(=O)CCC7=O)cc6)c5)(C3)C4)O[C@]12C(=O)CO. The molecule has 2 aromatic carbocycles. The van der Waals surface area contributed by atoms with Crippen molar-refractivity contribution in [2.45, 2.75) is 140 Å². The minimum Gasteiger partial charge on any atom is -0.481 e. The summed E-state index contributed by atoms with van der Waals surface area (Å²) in [5.41, 5.74) is 0.538. The molecule has 2 saturated heterocycles. The van der Waals surface area contributed by atoms with Gasteiger partial charge < -0.3 is 50.3 Å². The van der Waals surface area contributed by atoms with Gasteiger partial charge in [0.15, 0.2) is 23.5 Å². The Kier molecular flexibility index (Phi) is 14.8. The van der Waals surface area contributed by atoms with Crippen molar-refractivity contribution in [3.05, 3.63) is 83.5 Å². The van der Waals surface area contributed by atoms with Crippen molar-refractivity contribution in [3.63, 3.8) is 0 Å². The number of hydrogen-bond acceptors (Lipinski definition) is 16. The highest BCUT2D eigenvalue weighted by atomic mass is 16.7. The number of amides is 6. The molecule has 7 N–H and O–H groups in total. The number of hydroxylamine groups is 2. The lowest BCUT2D eigenvalue weighted by molar-refractivity contribution is -0.323. The quantitative estimate of drug-likeness (QED) is 0.0926. The first-order valence-corrected chi connectivity index (χ1v) is 26.9. The van der Waals surface area contributed by atoms with Crippen LogP contribution in [0, 0.1) is 39.4 Å². The van der Waals surface area contributed by atoms with Crippen LogP contribution in [0.15, 0.2) is 72.3 Å². The number of ether oxygens (including phenoxy) is 3. The highest BCUT2D eigenvalue weighted by molar-refractivity contribution is 6.02. The van der Waals surface area contributed by atoms with Crippen LogP contribution >= 0.6 is 0 Å². The van der Waals surface area contributed by atoms with Gasteiger partial charge in [-0.3, -0.25) is 43.7 Å². The van der Waals surface area contributed by atoms with Gasteiger partial charge in [-0.1, -0.05) is 49.8 Å². The Balaban J connectivity index is 0.671. The number of nitrogens with zero attached hydrogens (tertiary/aromatic N) is 1. The summed E-state index contributed by atoms with van der Waals surface area (Å²) in [6, 6.07) is 12.5. The van der Waals surface area contributed by atoms with E-state index in [1.54, 1.807) is 30.4 Å². The molecule has 10 atom stereocenters. The van der Waals surface area contributed by atoms with Gasteiger partial charge in [0.1, 0.15) is 19.3 Å². The van der Waals surface area contributed by atoms with Crippen molar-refractivity contribution < 1.29 is 82.3 Å². The van der Waals surface area contributed by atoms with Crippen molar-refractivity contribution in [1.82, 2.24) is 15.7 Å². The molecular weight excluding hydrogens is 1030 g/mol. The summed E-state index contributed by atoms with van der Waals surface area (Å²) >= 11 is 0. The Morgan fingerprint density at radius 3 is 2.32 bits per heavy atom. The first-order valence-electron chi connectivity index (χ1n) is 26.9. The normalized spacial score (nSPS) is 32.8. The lowest BCUT2D eigenvalue weighted by Crippen LogP contribution is -2.69. The van der Waals surface area contributed by atoms with Crippen molar-refractivity contribution in [1.29, 1.82) is 0 Å². The van der Waals surface area contributed by atoms with Crippen LogP contribution in [0.4, 0.5) is 16.2 Å². The minimum absolute atomic E-state index is 0.00903. The molecule has 22 nitrogen and oxygen atoms in total. The lowest BCUT2D eigenvalue weighted by atomic mass is 9.33. The molecule has 22 heteroatoms. The smallest absolute Gasteiger partial charge is 0.411 e. The molecule has 6 amide bonds. The summed E-state index contributed by atoms with van der Waals surface area (Å²) in [4.78, 5) is 129. The Labute approximate surface area is 454 Å². The Bertz CT molecular complexity index is 2920. The van der Waals surface area contributed by atoms with E-state index < -0.39 is 127 Å². The number of carboxylic acid groups (broad SMARTS) is 1. The van der Waals surface area contributed by atoms with Crippen LogP contribution in [-0.4, -0.2) is 123 Å². The third-order valence-electron chi connectivity index (χ3n) is 18.3. The highest BCUT2D eigenvalue weighted by Crippen LogP contribution is 2.79. The first kappa shape index (κ1) is 55.2. The Hall–Kier alpha value is -7.14. The fourth-order valence-corrected chi connectivity index (χ4v) is 15.0. The number of anilines is 2. The molecule has 6 saturated carbocycles. The monoisotopic (exact) mass is 1090 g/mol. The van der Waals surface area contributed by atoms with E-state index in [1.807, 2.05) is 31.2 Å². The van der Waals surface area contributed by atoms with Crippen molar-refractivity contribution >= 4 is 70.5 Å². The van der Waals surface area contributed by atoms with Crippen LogP contribution in [0.3, 0.4) is 0 Å². The predicted octanol–water partition coefficient (Wildman–Crippen LogP) is 3.87. The maximum Gasteiger partial charge on any atom is 0.411 e. The molecule has 420 valence electrons. The standard InChI is InChI=1S/C57H65N5O17/c1-53-19-18-36(64)21-33(53)8-11-37-38-22-42-57(41(66)26-63,54(38,2)24-40(65)49(37)53)78-51(77-42)56-28-55(29-56,30-56)23-32-4-3-5-35(20-32)60-52(75)76-27-31-6-9-34(10-7-31)59-50(74)39(12-16-47(71)72)61-44(68)25-58-43(67)13-17-48(73)79-62-45(69)14-15-46(62)70/h3-7,9-10,18-21,37-40,42,49,51,63,65H,8,11-17,22-30H2,1-2H3,(H,58,67)(H,59,74)(H,60,75)(H,61,68)(H,71,72)/t37-,38-,39-,40-,42+,49+,51+,53-,54-,55?,56?,57+/m0/s1. The molecule has 0 spiro atoms. The zero-order valence-corrected chi connectivity index (χ0v) is 43.9. The van der Waals surface area contributed by atoms with Gasteiger partial charge in [-0.25, -0.2) is 9.59 Å². The van der Waals surface area contributed by atoms with Crippen LogP contribution in [0.1, 0.15) is 108 Å². The molecule has 9 aliphatic rings. The van der Waals surface area contributed by atoms with Crippen LogP contribution in [0.25, 0.3) is 0 Å². The minimum atomic E-state index is -1.39. The highest BCUT2D eigenvalue weighted by Gasteiger charge is 2.80. The number of fused-ring (bicyclic) bond motifs is 7. The molecule has 79 heavy (non-hydrogen) atoms. The van der Waals surface area contributed by atoms with Crippen LogP contribution in [-0.2, 0) is 75.2 Å². The van der Waals surface area contributed by atoms with Gasteiger partial charge in [-0.15, -0.1) is 5.06 Å². The summed E-state index contributed by atoms with van der Waals surface area (Å²) in [5.74, 6) is -6.37. The second kappa shape index (κ2) is 21.2. The summed E-state index contributed by atoms with van der Waals surface area (Å²) in [6.45, 7) is 2.73. The summed E-state index contributed by atoms with van der Waals surface area (Å²) in [7, 11) is 0. The van der Waals surface area contributed by atoms with Crippen LogP contribution in [0.2, 0.25) is 0 Å². The molecule has 0 aromatic heterocycles. The number of aliphatic carboxylic acids is 1. The summed E-state index contributed by atoms with van der Waals surface area (Å²) < 4.78 is 19.3. The van der Waals surface area contributed by atoms with E-state index in [1.165, 1.54) is 12.1 Å². The molecule has 8 fully saturated rings. The number of hydrogen-bond donors (Lipinski definition) is 7. The predicted molar refractivity (Wildman–Crippen MR) is 274 cm³/mol. The van der Waals surface area contributed by atoms with E-state index >= 15 is 0 Å². The average Bonchev–Trinajstić information content (AvgIpc) is 3.21. The first-order chi connectivity index (χ1) is 37.6. The number of Topliss-reactive ketones (excluding diaryl/α,β-unsaturated/α-hetero) is 1. The lowest BCUT2D eigenvalue weighted by Gasteiger charge is -2.72. The second-order valence-electron chi connectivity index (χ2n) is 23.4. The number of carbonyl (C=O) groups is 10. The number of ketones is 2. The summed E-state index contributed by atoms with van der Waals surface area (Å²) in [5, 5.41) is 42.2. The van der Waals surface area contributed by atoms with Gasteiger partial charge in [0.05, 0.1) is 25.2 Å². The van der Waals surface area contributed by atoms with E-state index in [0.29, 0.717) is 29.2 Å². The van der Waals surface area contributed by atoms with Crippen LogP contribution < -0.4 is 21.3 Å². The van der Waals surface area contributed by atoms with E-state index in [0.717, 1.165) is 49.7 Å². The fraction of sp³-hybridized carbons (Fsp3) is 0.544. The van der Waals surface area contributed by atoms with E-state index in [-0.39, 0.29) is 65.9 Å². The van der Waals surface area contributed by atoms with E-state index in [2.05, 4.69) is 28.2 Å². The molecule has 11 rings (SSSR count). The number of imide groups is 1. The van der Waals surface area contributed by atoms with Gasteiger partial charge in [0, 0.05) is 59.2 Å². The maximum atomic E-state index is 14.1. The van der Waals surface area contributed by atoms with Crippen molar-refractivity contribution in [2.24, 2.45) is 39.4 Å². The van der Waals surface area contributed by atoms with Gasteiger partial charge in [-0.2, -0.15) is 0 Å². The van der Waals surface area contributed by atoms with E-state index in [9.17, 15) is 63.3 Å². The molecule has 2 aromatic rings. The zero-order chi connectivity index (χ0) is 56.2. The fourth-order valence-electron chi connectivity index (χ4n) is 15.0. The number of allylic oxidation sites excluding steroid dienone is 4. The third-order valence-corrected chi connectivity index (χ3v) is 18.3. The molecule has 0 radical (unpaired) electrons. The average molecular weight is 1090 g/mol. The third kappa shape index (κ3) is 10.3. The summed E-state index contributed by atoms with van der Waals surface area (Å²) in [6.07, 6.45) is 6.39. The molecule has 7 aliphatic carbocycles. The van der Waals surface area contributed by atoms with E-state index in [4.69, 9.17) is 19.0 Å². The molecule has 2 aliphatic heterocycles. The largest absolute Gasteiger partial charge is 0.481 e.